The van der Waals surface area contributed by atoms with Crippen molar-refractivity contribution in [3.05, 3.63) is 50.4 Å². The Bertz CT molecular complexity index is 1030. The molecule has 0 saturated carbocycles. The molecule has 3 N–H and O–H groups in total. The van der Waals surface area contributed by atoms with Gasteiger partial charge < -0.3 is 10.4 Å². The minimum atomic E-state index is -0.252. The molecule has 0 unspecified atom stereocenters. The molecule has 0 amide bonds. The second-order valence-corrected chi connectivity index (χ2v) is 7.35. The third kappa shape index (κ3) is 3.93. The van der Waals surface area contributed by atoms with E-state index in [1.165, 1.54) is 0 Å². The summed E-state index contributed by atoms with van der Waals surface area (Å²) in [6.07, 6.45) is 1.34. The van der Waals surface area contributed by atoms with Crippen molar-refractivity contribution < 1.29 is 5.11 Å². The maximum atomic E-state index is 12.5. The summed E-state index contributed by atoms with van der Waals surface area (Å²) in [5.74, 6) is 0.365. The van der Waals surface area contributed by atoms with Gasteiger partial charge in [0.15, 0.2) is 5.52 Å². The minimum absolute atomic E-state index is 0.242. The maximum Gasteiger partial charge on any atom is 0.278 e. The summed E-state index contributed by atoms with van der Waals surface area (Å²) in [4.78, 5) is 21.8. The molecule has 0 bridgehead atoms. The van der Waals surface area contributed by atoms with E-state index in [1.54, 1.807) is 23.0 Å². The Labute approximate surface area is 164 Å². The summed E-state index contributed by atoms with van der Waals surface area (Å²) in [5, 5.41) is 17.7. The number of H-pyrrole nitrogens is 1. The molecule has 1 aromatic carbocycles. The number of benzene rings is 1. The number of likely N-dealkylation sites (tertiary alicyclic amines) is 1. The molecule has 0 atom stereocenters. The highest BCUT2D eigenvalue weighted by atomic mass is 35.5. The lowest BCUT2D eigenvalue weighted by Gasteiger charge is -2.35. The summed E-state index contributed by atoms with van der Waals surface area (Å²) >= 11 is 11.9. The Morgan fingerprint density at radius 2 is 2.07 bits per heavy atom. The predicted octanol–water partition coefficient (Wildman–Crippen LogP) is 1.71. The van der Waals surface area contributed by atoms with Gasteiger partial charge in [-0.2, -0.15) is 5.10 Å². The van der Waals surface area contributed by atoms with Gasteiger partial charge in [-0.15, -0.1) is 0 Å². The van der Waals surface area contributed by atoms with E-state index in [0.29, 0.717) is 53.2 Å². The van der Waals surface area contributed by atoms with Crippen molar-refractivity contribution in [3.63, 3.8) is 0 Å². The fourth-order valence-electron chi connectivity index (χ4n) is 3.06. The second kappa shape index (κ2) is 7.47. The molecule has 0 spiro atoms. The van der Waals surface area contributed by atoms with Crippen LogP contribution in [-0.2, 0) is 13.1 Å². The van der Waals surface area contributed by atoms with Gasteiger partial charge in [-0.1, -0.05) is 29.3 Å². The van der Waals surface area contributed by atoms with E-state index in [1.807, 2.05) is 6.07 Å². The number of fused-ring (bicyclic) bond motifs is 1. The van der Waals surface area contributed by atoms with Crippen molar-refractivity contribution in [2.45, 2.75) is 19.2 Å². The number of aliphatic hydroxyl groups is 1. The van der Waals surface area contributed by atoms with E-state index >= 15 is 0 Å². The first kappa shape index (κ1) is 18.2. The quantitative estimate of drug-likeness (QED) is 0.574. The Balaban J connectivity index is 1.47. The Morgan fingerprint density at radius 1 is 1.26 bits per heavy atom. The largest absolute Gasteiger partial charge is 0.390 e. The highest BCUT2D eigenvalue weighted by Crippen LogP contribution is 2.22. The molecule has 10 heteroatoms. The molecule has 1 fully saturated rings. The van der Waals surface area contributed by atoms with Gasteiger partial charge in [-0.05, 0) is 17.7 Å². The molecular weight excluding hydrogens is 391 g/mol. The number of aromatic amines is 1. The number of aliphatic hydroxyl groups excluding tert-OH is 1. The van der Waals surface area contributed by atoms with Crippen LogP contribution in [0.15, 0.2) is 29.2 Å². The molecule has 1 aliphatic heterocycles. The van der Waals surface area contributed by atoms with Crippen LogP contribution in [0.3, 0.4) is 0 Å². The van der Waals surface area contributed by atoms with E-state index in [9.17, 15) is 9.90 Å². The topological polar surface area (TPSA) is 99.1 Å². The highest BCUT2D eigenvalue weighted by Gasteiger charge is 2.24. The fraction of sp³-hybridized carbons (Fsp3) is 0.353. The lowest BCUT2D eigenvalue weighted by Crippen LogP contribution is -2.51. The first-order valence-corrected chi connectivity index (χ1v) is 9.29. The van der Waals surface area contributed by atoms with Gasteiger partial charge in [-0.25, -0.2) is 4.98 Å². The summed E-state index contributed by atoms with van der Waals surface area (Å²) in [7, 11) is 0. The van der Waals surface area contributed by atoms with E-state index < -0.39 is 0 Å². The SMILES string of the molecule is O=c1[nH]c(NCc2ccc(Cl)c(Cl)c2)nc2cnn(CCN3CC(O)C3)c12. The normalized spacial score (nSPS) is 15.2. The molecule has 8 nitrogen and oxygen atoms in total. The van der Waals surface area contributed by atoms with E-state index in [2.05, 4.69) is 25.3 Å². The second-order valence-electron chi connectivity index (χ2n) is 6.53. The van der Waals surface area contributed by atoms with Crippen LogP contribution in [0.5, 0.6) is 0 Å². The third-order valence-corrected chi connectivity index (χ3v) is 5.25. The number of aromatic nitrogens is 4. The Morgan fingerprint density at radius 3 is 2.81 bits per heavy atom. The van der Waals surface area contributed by atoms with Gasteiger partial charge in [0, 0.05) is 26.2 Å². The number of hydrogen-bond donors (Lipinski definition) is 3. The zero-order valence-corrected chi connectivity index (χ0v) is 15.8. The van der Waals surface area contributed by atoms with Gasteiger partial charge in [0.2, 0.25) is 5.95 Å². The lowest BCUT2D eigenvalue weighted by atomic mass is 10.2. The fourth-order valence-corrected chi connectivity index (χ4v) is 3.38. The summed E-state index contributed by atoms with van der Waals surface area (Å²) in [6, 6.07) is 5.34. The number of halogens is 2. The zero-order chi connectivity index (χ0) is 19.0. The Kier molecular flexibility index (Phi) is 5.05. The number of rotatable bonds is 6. The van der Waals surface area contributed by atoms with Crippen molar-refractivity contribution >= 4 is 40.2 Å². The van der Waals surface area contributed by atoms with E-state index in [4.69, 9.17) is 23.2 Å². The van der Waals surface area contributed by atoms with Crippen LogP contribution in [0.1, 0.15) is 5.56 Å². The van der Waals surface area contributed by atoms with Crippen LogP contribution in [0.4, 0.5) is 5.95 Å². The van der Waals surface area contributed by atoms with E-state index in [0.717, 1.165) is 12.1 Å². The van der Waals surface area contributed by atoms with Crippen molar-refractivity contribution in [2.24, 2.45) is 0 Å². The molecule has 4 rings (SSSR count). The van der Waals surface area contributed by atoms with Crippen molar-refractivity contribution in [2.75, 3.05) is 25.0 Å². The van der Waals surface area contributed by atoms with Crippen LogP contribution in [-0.4, -0.2) is 55.5 Å². The van der Waals surface area contributed by atoms with Crippen molar-refractivity contribution in [3.8, 4) is 0 Å². The zero-order valence-electron chi connectivity index (χ0n) is 14.3. The van der Waals surface area contributed by atoms with Crippen LogP contribution >= 0.6 is 23.2 Å². The van der Waals surface area contributed by atoms with Crippen molar-refractivity contribution in [1.29, 1.82) is 0 Å². The third-order valence-electron chi connectivity index (χ3n) is 4.51. The van der Waals surface area contributed by atoms with Gasteiger partial charge in [0.05, 0.1) is 28.9 Å². The van der Waals surface area contributed by atoms with Crippen LogP contribution in [0, 0.1) is 0 Å². The van der Waals surface area contributed by atoms with Gasteiger partial charge in [0.25, 0.3) is 5.56 Å². The van der Waals surface area contributed by atoms with Gasteiger partial charge in [-0.3, -0.25) is 19.4 Å². The summed E-state index contributed by atoms with van der Waals surface area (Å²) < 4.78 is 1.65. The number of nitrogens with one attached hydrogen (secondary N) is 2. The number of anilines is 1. The summed E-state index contributed by atoms with van der Waals surface area (Å²) in [5.41, 5.74) is 1.63. The van der Waals surface area contributed by atoms with Crippen LogP contribution in [0.25, 0.3) is 11.0 Å². The minimum Gasteiger partial charge on any atom is -0.390 e. The summed E-state index contributed by atoms with van der Waals surface area (Å²) in [6.45, 7) is 3.06. The standard InChI is InChI=1S/C17H18Cl2N6O2/c18-12-2-1-10(5-13(12)19)6-20-17-22-14-7-21-25(15(14)16(27)23-17)4-3-24-8-11(26)9-24/h1-2,5,7,11,26H,3-4,6,8-9H2,(H2,20,22,23,27). The van der Waals surface area contributed by atoms with Crippen LogP contribution in [0.2, 0.25) is 10.0 Å². The molecule has 3 heterocycles. The molecule has 142 valence electrons. The molecule has 3 aromatic rings. The van der Waals surface area contributed by atoms with Gasteiger partial charge in [0.1, 0.15) is 5.52 Å². The van der Waals surface area contributed by atoms with Gasteiger partial charge >= 0.3 is 0 Å². The molecular formula is C17H18Cl2N6O2. The maximum absolute atomic E-state index is 12.5. The molecule has 1 saturated heterocycles. The lowest BCUT2D eigenvalue weighted by molar-refractivity contribution is 0.000224. The predicted molar refractivity (Wildman–Crippen MR) is 104 cm³/mol. The molecule has 0 radical (unpaired) electrons. The van der Waals surface area contributed by atoms with E-state index in [-0.39, 0.29) is 11.7 Å². The highest BCUT2D eigenvalue weighted by molar-refractivity contribution is 6.42. The van der Waals surface area contributed by atoms with Crippen molar-refractivity contribution in [1.82, 2.24) is 24.6 Å². The molecule has 2 aromatic heterocycles. The average Bonchev–Trinajstić information content (AvgIpc) is 3.02. The number of nitrogens with zero attached hydrogens (tertiary/aromatic N) is 4. The number of hydrogen-bond acceptors (Lipinski definition) is 6. The van der Waals surface area contributed by atoms with Crippen LogP contribution < -0.4 is 10.9 Å². The average molecular weight is 409 g/mol. The molecule has 27 heavy (non-hydrogen) atoms. The first-order valence-electron chi connectivity index (χ1n) is 8.53. The molecule has 0 aliphatic carbocycles. The Hall–Kier alpha value is -2.13. The smallest absolute Gasteiger partial charge is 0.278 e. The monoisotopic (exact) mass is 408 g/mol. The molecule has 1 aliphatic rings. The number of β-amino-alcohol motifs (C(OH)–C–C–N with tert-alkyl or cyclic N) is 1. The first-order chi connectivity index (χ1) is 13.0.